The molecule has 2 rings (SSSR count). The maximum atomic E-state index is 5.39. The molecule has 28 heavy (non-hydrogen) atoms. The van der Waals surface area contributed by atoms with Crippen molar-refractivity contribution in [3.63, 3.8) is 0 Å². The maximum Gasteiger partial charge on any atom is 0.191 e. The number of hydrogen-bond donors (Lipinski definition) is 2. The van der Waals surface area contributed by atoms with Gasteiger partial charge < -0.3 is 15.4 Å². The first-order valence-electron chi connectivity index (χ1n) is 10.0. The Balaban J connectivity index is 0.00000392. The number of nitrogens with zero attached hydrogens (tertiary/aromatic N) is 1. The molecule has 0 saturated heterocycles. The Hall–Kier alpha value is -1.60. The van der Waals surface area contributed by atoms with Gasteiger partial charge in [-0.05, 0) is 37.8 Å². The molecule has 2 N–H and O–H groups in total. The van der Waals surface area contributed by atoms with Crippen LogP contribution in [0.15, 0.2) is 65.7 Å². The summed E-state index contributed by atoms with van der Waals surface area (Å²) in [5.74, 6) is 1.13. The van der Waals surface area contributed by atoms with Crippen LogP contribution in [0.5, 0.6) is 0 Å². The van der Waals surface area contributed by atoms with E-state index in [2.05, 4.69) is 78.2 Å². The topological polar surface area (TPSA) is 45.7 Å². The van der Waals surface area contributed by atoms with Crippen LogP contribution < -0.4 is 10.6 Å². The molecule has 0 heterocycles. The van der Waals surface area contributed by atoms with E-state index in [0.717, 1.165) is 45.1 Å². The zero-order chi connectivity index (χ0) is 19.2. The molecule has 0 saturated carbocycles. The Labute approximate surface area is 187 Å². The van der Waals surface area contributed by atoms with Crippen molar-refractivity contribution in [2.24, 2.45) is 4.99 Å². The molecule has 4 nitrogen and oxygen atoms in total. The molecule has 0 unspecified atom stereocenters. The van der Waals surface area contributed by atoms with Crippen LogP contribution in [0.25, 0.3) is 0 Å². The number of unbranched alkanes of at least 4 members (excludes halogenated alkanes) is 1. The molecule has 5 heteroatoms. The SMILES string of the molecule is CCNC(=NCC(c1ccccc1)c1ccccc1)NCCCCOCC.I. The van der Waals surface area contributed by atoms with E-state index in [1.807, 2.05) is 6.92 Å². The standard InChI is InChI=1S/C23H33N3O.HI/c1-3-24-23(25-17-11-12-18-27-4-2)26-19-22(20-13-7-5-8-14-20)21-15-9-6-10-16-21;/h5-10,13-16,22H,3-4,11-12,17-19H2,1-2H3,(H2,24,25,26);1H. The van der Waals surface area contributed by atoms with Crippen molar-refractivity contribution in [2.75, 3.05) is 32.8 Å². The molecule has 2 aromatic carbocycles. The number of ether oxygens (including phenoxy) is 1. The van der Waals surface area contributed by atoms with Crippen LogP contribution in [0.4, 0.5) is 0 Å². The molecule has 0 spiro atoms. The molecule has 0 aliphatic heterocycles. The van der Waals surface area contributed by atoms with E-state index in [-0.39, 0.29) is 29.9 Å². The van der Waals surface area contributed by atoms with Gasteiger partial charge in [0.1, 0.15) is 0 Å². The summed E-state index contributed by atoms with van der Waals surface area (Å²) in [7, 11) is 0. The molecule has 0 fully saturated rings. The highest BCUT2D eigenvalue weighted by atomic mass is 127. The first-order valence-corrected chi connectivity index (χ1v) is 10.0. The van der Waals surface area contributed by atoms with Gasteiger partial charge in [0.2, 0.25) is 0 Å². The van der Waals surface area contributed by atoms with E-state index in [4.69, 9.17) is 9.73 Å². The Bertz CT molecular complexity index is 610. The first-order chi connectivity index (χ1) is 13.3. The summed E-state index contributed by atoms with van der Waals surface area (Å²) in [5, 5.41) is 6.79. The summed E-state index contributed by atoms with van der Waals surface area (Å²) in [4.78, 5) is 4.86. The Morgan fingerprint density at radius 1 is 0.893 bits per heavy atom. The largest absolute Gasteiger partial charge is 0.382 e. The van der Waals surface area contributed by atoms with Gasteiger partial charge in [0, 0.05) is 32.2 Å². The highest BCUT2D eigenvalue weighted by Crippen LogP contribution is 2.24. The normalized spacial score (nSPS) is 11.2. The number of nitrogens with one attached hydrogen (secondary N) is 2. The monoisotopic (exact) mass is 495 g/mol. The second-order valence-electron chi connectivity index (χ2n) is 6.42. The lowest BCUT2D eigenvalue weighted by molar-refractivity contribution is 0.143. The van der Waals surface area contributed by atoms with Gasteiger partial charge in [-0.1, -0.05) is 60.7 Å². The zero-order valence-corrected chi connectivity index (χ0v) is 19.4. The molecule has 0 amide bonds. The molecular weight excluding hydrogens is 461 g/mol. The highest BCUT2D eigenvalue weighted by Gasteiger charge is 2.13. The van der Waals surface area contributed by atoms with Crippen molar-refractivity contribution >= 4 is 29.9 Å². The van der Waals surface area contributed by atoms with E-state index in [9.17, 15) is 0 Å². The second-order valence-corrected chi connectivity index (χ2v) is 6.42. The predicted octanol–water partition coefficient (Wildman–Crippen LogP) is 4.81. The van der Waals surface area contributed by atoms with E-state index in [1.165, 1.54) is 11.1 Å². The Morgan fingerprint density at radius 3 is 2.04 bits per heavy atom. The van der Waals surface area contributed by atoms with E-state index in [1.54, 1.807) is 0 Å². The van der Waals surface area contributed by atoms with Gasteiger partial charge in [-0.2, -0.15) is 0 Å². The summed E-state index contributed by atoms with van der Waals surface area (Å²) >= 11 is 0. The average molecular weight is 495 g/mol. The quantitative estimate of drug-likeness (QED) is 0.204. The first kappa shape index (κ1) is 24.4. The van der Waals surface area contributed by atoms with Gasteiger partial charge in [0.15, 0.2) is 5.96 Å². The van der Waals surface area contributed by atoms with Gasteiger partial charge in [-0.25, -0.2) is 0 Å². The van der Waals surface area contributed by atoms with Crippen LogP contribution in [-0.4, -0.2) is 38.8 Å². The van der Waals surface area contributed by atoms with Crippen molar-refractivity contribution in [1.82, 2.24) is 10.6 Å². The van der Waals surface area contributed by atoms with E-state index in [0.29, 0.717) is 6.54 Å². The summed E-state index contributed by atoms with van der Waals surface area (Å²) in [5.41, 5.74) is 2.58. The molecule has 0 aliphatic carbocycles. The number of guanidine groups is 1. The summed E-state index contributed by atoms with van der Waals surface area (Å²) in [6, 6.07) is 21.2. The minimum atomic E-state index is 0. The molecular formula is C23H34IN3O. The number of benzene rings is 2. The van der Waals surface area contributed by atoms with Crippen LogP contribution in [0, 0.1) is 0 Å². The van der Waals surface area contributed by atoms with Gasteiger partial charge in [0.05, 0.1) is 6.54 Å². The summed E-state index contributed by atoms with van der Waals surface area (Å²) in [6.45, 7) is 8.21. The lowest BCUT2D eigenvalue weighted by Crippen LogP contribution is -2.38. The smallest absolute Gasteiger partial charge is 0.191 e. The number of halogens is 1. The van der Waals surface area contributed by atoms with Gasteiger partial charge in [0.25, 0.3) is 0 Å². The third-order valence-electron chi connectivity index (χ3n) is 4.39. The van der Waals surface area contributed by atoms with Gasteiger partial charge >= 0.3 is 0 Å². The van der Waals surface area contributed by atoms with Crippen molar-refractivity contribution in [3.05, 3.63) is 71.8 Å². The summed E-state index contributed by atoms with van der Waals surface area (Å²) < 4.78 is 5.39. The van der Waals surface area contributed by atoms with E-state index < -0.39 is 0 Å². The van der Waals surface area contributed by atoms with Crippen molar-refractivity contribution in [3.8, 4) is 0 Å². The van der Waals surface area contributed by atoms with Crippen LogP contribution in [-0.2, 0) is 4.74 Å². The minimum Gasteiger partial charge on any atom is -0.382 e. The van der Waals surface area contributed by atoms with Gasteiger partial charge in [-0.15, -0.1) is 24.0 Å². The predicted molar refractivity (Wildman–Crippen MR) is 130 cm³/mol. The molecule has 0 radical (unpaired) electrons. The fourth-order valence-electron chi connectivity index (χ4n) is 2.98. The molecule has 0 aliphatic rings. The molecule has 154 valence electrons. The minimum absolute atomic E-state index is 0. The van der Waals surface area contributed by atoms with Gasteiger partial charge in [-0.3, -0.25) is 4.99 Å². The number of aliphatic imine (C=N–C) groups is 1. The van der Waals surface area contributed by atoms with Crippen molar-refractivity contribution in [2.45, 2.75) is 32.6 Å². The van der Waals surface area contributed by atoms with Crippen LogP contribution in [0.3, 0.4) is 0 Å². The third-order valence-corrected chi connectivity index (χ3v) is 4.39. The second kappa shape index (κ2) is 15.3. The molecule has 2 aromatic rings. The van der Waals surface area contributed by atoms with Crippen LogP contribution >= 0.6 is 24.0 Å². The molecule has 0 bridgehead atoms. The zero-order valence-electron chi connectivity index (χ0n) is 17.1. The molecule has 0 atom stereocenters. The fraction of sp³-hybridized carbons (Fsp3) is 0.435. The van der Waals surface area contributed by atoms with Crippen LogP contribution in [0.2, 0.25) is 0 Å². The van der Waals surface area contributed by atoms with Crippen molar-refractivity contribution < 1.29 is 4.74 Å². The lowest BCUT2D eigenvalue weighted by Gasteiger charge is -2.18. The van der Waals surface area contributed by atoms with Crippen LogP contribution in [0.1, 0.15) is 43.7 Å². The Morgan fingerprint density at radius 2 is 1.50 bits per heavy atom. The highest BCUT2D eigenvalue weighted by molar-refractivity contribution is 14.0. The van der Waals surface area contributed by atoms with E-state index >= 15 is 0 Å². The molecule has 0 aromatic heterocycles. The Kier molecular flexibility index (Phi) is 13.4. The van der Waals surface area contributed by atoms with Crippen molar-refractivity contribution in [1.29, 1.82) is 0 Å². The maximum absolute atomic E-state index is 5.39. The fourth-order valence-corrected chi connectivity index (χ4v) is 2.98. The number of rotatable bonds is 11. The third kappa shape index (κ3) is 9.06. The lowest BCUT2D eigenvalue weighted by atomic mass is 9.91. The number of hydrogen-bond acceptors (Lipinski definition) is 2. The average Bonchev–Trinajstić information content (AvgIpc) is 2.72. The summed E-state index contributed by atoms with van der Waals surface area (Å²) in [6.07, 6.45) is 2.14.